The number of hydrogen-bond acceptors (Lipinski definition) is 5. The third-order valence-electron chi connectivity index (χ3n) is 6.32. The number of hydrogen-bond donors (Lipinski definition) is 1. The van der Waals surface area contributed by atoms with Crippen LogP contribution < -0.4 is 0 Å². The zero-order valence-corrected chi connectivity index (χ0v) is 18.4. The van der Waals surface area contributed by atoms with Crippen molar-refractivity contribution in [2.75, 3.05) is 13.1 Å². The van der Waals surface area contributed by atoms with Gasteiger partial charge in [0.25, 0.3) is 0 Å². The van der Waals surface area contributed by atoms with Crippen LogP contribution in [0.15, 0.2) is 42.7 Å². The standard InChI is InChI=1S/C24H25FN6O2/c1-17-3-6-19(22(25)23(17)26-2)9-10-24(33)11-13-30(14-12-24)21(32)15-18-4-7-20(8-5-18)31-16-27-28-29-31/h3-8,16,33H,9-15H2,1H3. The predicted molar refractivity (Wildman–Crippen MR) is 119 cm³/mol. The Bertz CT molecular complexity index is 1160. The third kappa shape index (κ3) is 5.07. The van der Waals surface area contributed by atoms with E-state index in [0.717, 1.165) is 11.3 Å². The minimum absolute atomic E-state index is 0.0125. The van der Waals surface area contributed by atoms with Crippen molar-refractivity contribution in [3.63, 3.8) is 0 Å². The third-order valence-corrected chi connectivity index (χ3v) is 6.32. The Labute approximate surface area is 191 Å². The molecule has 0 unspecified atom stereocenters. The van der Waals surface area contributed by atoms with Gasteiger partial charge in [0, 0.05) is 13.1 Å². The van der Waals surface area contributed by atoms with Crippen LogP contribution in [0.2, 0.25) is 0 Å². The van der Waals surface area contributed by atoms with Crippen LogP contribution in [-0.4, -0.2) is 54.8 Å². The van der Waals surface area contributed by atoms with E-state index in [0.29, 0.717) is 49.9 Å². The summed E-state index contributed by atoms with van der Waals surface area (Å²) in [6, 6.07) is 10.9. The number of piperidine rings is 1. The normalized spacial score (nSPS) is 15.3. The van der Waals surface area contributed by atoms with E-state index < -0.39 is 11.4 Å². The number of benzene rings is 2. The first-order valence-corrected chi connectivity index (χ1v) is 10.9. The van der Waals surface area contributed by atoms with E-state index in [1.54, 1.807) is 28.6 Å². The summed E-state index contributed by atoms with van der Waals surface area (Å²) < 4.78 is 16.1. The molecule has 2 heterocycles. The summed E-state index contributed by atoms with van der Waals surface area (Å²) >= 11 is 0. The molecule has 1 aliphatic heterocycles. The van der Waals surface area contributed by atoms with E-state index in [-0.39, 0.29) is 18.0 Å². The van der Waals surface area contributed by atoms with E-state index in [2.05, 4.69) is 20.4 Å². The maximum absolute atomic E-state index is 14.5. The van der Waals surface area contributed by atoms with Crippen molar-refractivity contribution in [1.82, 2.24) is 25.1 Å². The lowest BCUT2D eigenvalue weighted by Crippen LogP contribution is -2.47. The van der Waals surface area contributed by atoms with Gasteiger partial charge in [-0.25, -0.2) is 13.9 Å². The molecule has 33 heavy (non-hydrogen) atoms. The molecule has 1 N–H and O–H groups in total. The smallest absolute Gasteiger partial charge is 0.226 e. The molecule has 170 valence electrons. The lowest BCUT2D eigenvalue weighted by atomic mass is 9.85. The van der Waals surface area contributed by atoms with E-state index in [9.17, 15) is 14.3 Å². The lowest BCUT2D eigenvalue weighted by Gasteiger charge is -2.38. The molecule has 1 saturated heterocycles. The number of aryl methyl sites for hydroxylation is 2. The highest BCUT2D eigenvalue weighted by molar-refractivity contribution is 5.79. The first-order valence-electron chi connectivity index (χ1n) is 10.9. The Kier molecular flexibility index (Phi) is 6.47. The molecule has 0 saturated carbocycles. The number of aromatic nitrogens is 4. The van der Waals surface area contributed by atoms with Crippen molar-refractivity contribution in [1.29, 1.82) is 0 Å². The van der Waals surface area contributed by atoms with Crippen molar-refractivity contribution in [3.05, 3.63) is 76.7 Å². The van der Waals surface area contributed by atoms with Gasteiger partial charge in [-0.15, -0.1) is 5.10 Å². The number of halogens is 1. The Morgan fingerprint density at radius 1 is 1.21 bits per heavy atom. The summed E-state index contributed by atoms with van der Waals surface area (Å²) in [4.78, 5) is 17.8. The van der Waals surface area contributed by atoms with Crippen LogP contribution >= 0.6 is 0 Å². The van der Waals surface area contributed by atoms with Crippen molar-refractivity contribution in [2.45, 2.75) is 44.6 Å². The van der Waals surface area contributed by atoms with Crippen molar-refractivity contribution in [3.8, 4) is 5.69 Å². The SMILES string of the molecule is [C-]#[N+]c1c(C)ccc(CCC2(O)CCN(C(=O)Cc3ccc(-n4cnnn4)cc3)CC2)c1F. The average molecular weight is 449 g/mol. The number of carbonyl (C=O) groups excluding carboxylic acids is 1. The average Bonchev–Trinajstić information content (AvgIpc) is 3.35. The van der Waals surface area contributed by atoms with Crippen LogP contribution in [0.3, 0.4) is 0 Å². The second-order valence-electron chi connectivity index (χ2n) is 8.52. The zero-order chi connectivity index (χ0) is 23.4. The lowest BCUT2D eigenvalue weighted by molar-refractivity contribution is -0.134. The summed E-state index contributed by atoms with van der Waals surface area (Å²) in [7, 11) is 0. The van der Waals surface area contributed by atoms with Crippen LogP contribution in [0.25, 0.3) is 10.5 Å². The highest BCUT2D eigenvalue weighted by atomic mass is 19.1. The van der Waals surface area contributed by atoms with Crippen LogP contribution in [0.1, 0.15) is 36.0 Å². The quantitative estimate of drug-likeness (QED) is 0.585. The van der Waals surface area contributed by atoms with E-state index >= 15 is 0 Å². The molecular formula is C24H25FN6O2. The molecule has 0 spiro atoms. The van der Waals surface area contributed by atoms with Crippen LogP contribution in [-0.2, 0) is 17.6 Å². The van der Waals surface area contributed by atoms with Gasteiger partial charge in [0.2, 0.25) is 11.6 Å². The molecule has 0 bridgehead atoms. The maximum Gasteiger partial charge on any atom is 0.226 e. The van der Waals surface area contributed by atoms with Crippen LogP contribution in [0, 0.1) is 19.3 Å². The van der Waals surface area contributed by atoms with Gasteiger partial charge < -0.3 is 10.0 Å². The maximum atomic E-state index is 14.5. The monoisotopic (exact) mass is 448 g/mol. The van der Waals surface area contributed by atoms with E-state index in [1.807, 2.05) is 24.3 Å². The molecule has 1 amide bonds. The highest BCUT2D eigenvalue weighted by Gasteiger charge is 2.33. The van der Waals surface area contributed by atoms with Crippen LogP contribution in [0.4, 0.5) is 10.1 Å². The number of carbonyl (C=O) groups is 1. The van der Waals surface area contributed by atoms with Gasteiger partial charge in [-0.2, -0.15) is 0 Å². The molecule has 0 radical (unpaired) electrons. The van der Waals surface area contributed by atoms with Gasteiger partial charge in [0.15, 0.2) is 0 Å². The number of nitrogens with zero attached hydrogens (tertiary/aromatic N) is 6. The second kappa shape index (κ2) is 9.46. The van der Waals surface area contributed by atoms with Crippen molar-refractivity contribution >= 4 is 11.6 Å². The van der Waals surface area contributed by atoms with Crippen LogP contribution in [0.5, 0.6) is 0 Å². The number of likely N-dealkylation sites (tertiary alicyclic amines) is 1. The first kappa shape index (κ1) is 22.6. The molecule has 8 nitrogen and oxygen atoms in total. The van der Waals surface area contributed by atoms with Gasteiger partial charge in [-0.1, -0.05) is 24.3 Å². The Balaban J connectivity index is 1.30. The summed E-state index contributed by atoms with van der Waals surface area (Å²) in [6.45, 7) is 9.80. The summed E-state index contributed by atoms with van der Waals surface area (Å²) in [5, 5.41) is 22.0. The van der Waals surface area contributed by atoms with E-state index in [1.165, 1.54) is 6.33 Å². The number of aliphatic hydroxyl groups is 1. The molecule has 4 rings (SSSR count). The molecule has 3 aromatic rings. The van der Waals surface area contributed by atoms with Gasteiger partial charge in [0.1, 0.15) is 12.1 Å². The first-order chi connectivity index (χ1) is 15.9. The fourth-order valence-electron chi connectivity index (χ4n) is 4.16. The largest absolute Gasteiger partial charge is 0.390 e. The minimum atomic E-state index is -0.945. The van der Waals surface area contributed by atoms with Gasteiger partial charge in [0.05, 0.1) is 24.3 Å². The van der Waals surface area contributed by atoms with Crippen molar-refractivity contribution < 1.29 is 14.3 Å². The van der Waals surface area contributed by atoms with Gasteiger partial charge in [-0.05, 0) is 71.9 Å². The molecule has 1 aromatic heterocycles. The van der Waals surface area contributed by atoms with Gasteiger partial charge in [-0.3, -0.25) is 4.79 Å². The molecule has 0 atom stereocenters. The zero-order valence-electron chi connectivity index (χ0n) is 18.4. The molecule has 9 heteroatoms. The van der Waals surface area contributed by atoms with Gasteiger partial charge >= 0.3 is 0 Å². The Morgan fingerprint density at radius 2 is 1.94 bits per heavy atom. The highest BCUT2D eigenvalue weighted by Crippen LogP contribution is 2.31. The fraction of sp³-hybridized carbons (Fsp3) is 0.375. The number of rotatable bonds is 6. The Morgan fingerprint density at radius 3 is 2.58 bits per heavy atom. The topological polar surface area (TPSA) is 88.5 Å². The molecule has 1 fully saturated rings. The summed E-state index contributed by atoms with van der Waals surface area (Å²) in [6.07, 6.45) is 3.42. The second-order valence-corrected chi connectivity index (χ2v) is 8.52. The van der Waals surface area contributed by atoms with E-state index in [4.69, 9.17) is 6.57 Å². The summed E-state index contributed by atoms with van der Waals surface area (Å²) in [5.74, 6) is -0.481. The molecule has 1 aliphatic rings. The fourth-order valence-corrected chi connectivity index (χ4v) is 4.16. The number of tetrazole rings is 1. The molecule has 0 aliphatic carbocycles. The molecule has 2 aromatic carbocycles. The number of amides is 1. The minimum Gasteiger partial charge on any atom is -0.390 e. The molecular weight excluding hydrogens is 423 g/mol. The predicted octanol–water partition coefficient (Wildman–Crippen LogP) is 3.19. The van der Waals surface area contributed by atoms with Crippen molar-refractivity contribution in [2.24, 2.45) is 0 Å². The summed E-state index contributed by atoms with van der Waals surface area (Å²) in [5.41, 5.74) is 1.87. The Hall–Kier alpha value is -3.64.